The number of esters is 1. The van der Waals surface area contributed by atoms with Gasteiger partial charge in [0.05, 0.1) is 23.1 Å². The van der Waals surface area contributed by atoms with Crippen LogP contribution in [0.15, 0.2) is 30.3 Å². The highest BCUT2D eigenvalue weighted by molar-refractivity contribution is 6.38. The number of ether oxygens (including phenoxy) is 3. The highest BCUT2D eigenvalue weighted by Crippen LogP contribution is 2.48. The van der Waals surface area contributed by atoms with Gasteiger partial charge >= 0.3 is 11.9 Å². The zero-order valence-corrected chi connectivity index (χ0v) is 17.6. The van der Waals surface area contributed by atoms with E-state index >= 15 is 0 Å². The maximum Gasteiger partial charge on any atom is 0.338 e. The Balaban J connectivity index is 1.86. The molecular formula is C21H20Cl2O6. The number of rotatable bonds is 4. The largest absolute Gasteiger partial charge is 0.492 e. The third-order valence-corrected chi connectivity index (χ3v) is 4.82. The summed E-state index contributed by atoms with van der Waals surface area (Å²) < 4.78 is 16.7. The monoisotopic (exact) mass is 438 g/mol. The van der Waals surface area contributed by atoms with E-state index in [2.05, 4.69) is 0 Å². The molecule has 6 nitrogen and oxygen atoms in total. The first-order valence-electron chi connectivity index (χ1n) is 8.95. The van der Waals surface area contributed by atoms with Crippen LogP contribution in [0.4, 0.5) is 0 Å². The smallest absolute Gasteiger partial charge is 0.338 e. The summed E-state index contributed by atoms with van der Waals surface area (Å²) in [5.41, 5.74) is 0.207. The third kappa shape index (κ3) is 4.77. The van der Waals surface area contributed by atoms with E-state index in [0.717, 1.165) is 0 Å². The van der Waals surface area contributed by atoms with Crippen LogP contribution in [0.5, 0.6) is 17.2 Å². The molecule has 0 saturated carbocycles. The molecular weight excluding hydrogens is 419 g/mol. The molecule has 154 valence electrons. The Morgan fingerprint density at radius 2 is 1.83 bits per heavy atom. The number of halogens is 2. The second-order valence-electron chi connectivity index (χ2n) is 7.58. The normalized spacial score (nSPS) is 15.8. The van der Waals surface area contributed by atoms with Gasteiger partial charge in [-0.15, -0.1) is 0 Å². The number of carboxylic acids is 1. The Bertz CT molecular complexity index is 947. The topological polar surface area (TPSA) is 82.1 Å². The van der Waals surface area contributed by atoms with Gasteiger partial charge in [0.1, 0.15) is 22.1 Å². The van der Waals surface area contributed by atoms with Crippen LogP contribution in [0.2, 0.25) is 10.0 Å². The number of hydrogen-bond donors (Lipinski definition) is 1. The number of carbonyl (C=O) groups is 2. The van der Waals surface area contributed by atoms with Crippen LogP contribution in [0.1, 0.15) is 49.0 Å². The molecule has 0 spiro atoms. The van der Waals surface area contributed by atoms with Crippen LogP contribution in [0, 0.1) is 0 Å². The van der Waals surface area contributed by atoms with Gasteiger partial charge in [0.2, 0.25) is 0 Å². The molecule has 1 atom stereocenters. The maximum absolute atomic E-state index is 12.1. The van der Waals surface area contributed by atoms with E-state index in [1.165, 1.54) is 6.07 Å². The Kier molecular flexibility index (Phi) is 5.96. The van der Waals surface area contributed by atoms with E-state index < -0.39 is 23.5 Å². The lowest BCUT2D eigenvalue weighted by molar-refractivity contribution is -0.139. The van der Waals surface area contributed by atoms with Crippen LogP contribution in [0.25, 0.3) is 0 Å². The van der Waals surface area contributed by atoms with Gasteiger partial charge in [0.25, 0.3) is 0 Å². The Hall–Kier alpha value is -2.44. The first-order chi connectivity index (χ1) is 13.6. The van der Waals surface area contributed by atoms with Crippen molar-refractivity contribution in [2.24, 2.45) is 0 Å². The van der Waals surface area contributed by atoms with Crippen LogP contribution in [0.3, 0.4) is 0 Å². The lowest BCUT2D eigenvalue weighted by Gasteiger charge is -2.25. The molecule has 0 saturated heterocycles. The molecule has 2 aromatic rings. The summed E-state index contributed by atoms with van der Waals surface area (Å²) in [5.74, 6) is -1.34. The third-order valence-electron chi connectivity index (χ3n) is 4.20. The van der Waals surface area contributed by atoms with E-state index in [1.54, 1.807) is 45.0 Å². The molecule has 1 heterocycles. The van der Waals surface area contributed by atoms with Crippen LogP contribution >= 0.6 is 23.2 Å². The maximum atomic E-state index is 12.1. The zero-order valence-electron chi connectivity index (χ0n) is 16.1. The fourth-order valence-corrected chi connectivity index (χ4v) is 3.51. The van der Waals surface area contributed by atoms with Crippen LogP contribution in [-0.2, 0) is 9.53 Å². The highest BCUT2D eigenvalue weighted by Gasteiger charge is 2.32. The highest BCUT2D eigenvalue weighted by atomic mass is 35.5. The molecule has 0 aliphatic carbocycles. The molecule has 1 unspecified atom stereocenters. The van der Waals surface area contributed by atoms with E-state index in [9.17, 15) is 14.7 Å². The van der Waals surface area contributed by atoms with Gasteiger partial charge in [0, 0.05) is 5.56 Å². The van der Waals surface area contributed by atoms with Crippen molar-refractivity contribution in [3.05, 3.63) is 51.5 Å². The van der Waals surface area contributed by atoms with Gasteiger partial charge in [-0.05, 0) is 57.5 Å². The predicted octanol–water partition coefficient (Wildman–Crippen LogP) is 5.69. The first kappa shape index (κ1) is 21.3. The summed E-state index contributed by atoms with van der Waals surface area (Å²) in [6.45, 7) is 5.60. The second-order valence-corrected chi connectivity index (χ2v) is 8.36. The molecule has 8 heteroatoms. The molecule has 1 N–H and O–H groups in total. The number of hydrogen-bond acceptors (Lipinski definition) is 5. The van der Waals surface area contributed by atoms with E-state index in [4.69, 9.17) is 37.4 Å². The minimum atomic E-state index is -0.965. The lowest BCUT2D eigenvalue weighted by Crippen LogP contribution is -2.23. The molecule has 0 aromatic heterocycles. The summed E-state index contributed by atoms with van der Waals surface area (Å²) >= 11 is 12.7. The second kappa shape index (κ2) is 8.13. The molecule has 3 rings (SSSR count). The molecule has 2 aromatic carbocycles. The van der Waals surface area contributed by atoms with Crippen LogP contribution in [-0.4, -0.2) is 29.3 Å². The van der Waals surface area contributed by atoms with Gasteiger partial charge in [-0.1, -0.05) is 23.2 Å². The number of carboxylic acid groups (broad SMARTS) is 1. The minimum Gasteiger partial charge on any atom is -0.492 e. The molecule has 29 heavy (non-hydrogen) atoms. The summed E-state index contributed by atoms with van der Waals surface area (Å²) in [7, 11) is 0. The van der Waals surface area contributed by atoms with E-state index in [1.807, 2.05) is 0 Å². The van der Waals surface area contributed by atoms with Crippen molar-refractivity contribution >= 4 is 35.1 Å². The summed E-state index contributed by atoms with van der Waals surface area (Å²) in [4.78, 5) is 23.6. The Morgan fingerprint density at radius 1 is 1.17 bits per heavy atom. The Labute approximate surface area is 178 Å². The quantitative estimate of drug-likeness (QED) is 0.617. The van der Waals surface area contributed by atoms with E-state index in [-0.39, 0.29) is 28.2 Å². The molecule has 0 bridgehead atoms. The Morgan fingerprint density at radius 3 is 2.41 bits per heavy atom. The van der Waals surface area contributed by atoms with Crippen molar-refractivity contribution in [1.82, 2.24) is 0 Å². The SMILES string of the molecule is CC(C)(C)OC(=O)c1ccc(Oc2c(Cl)cc3c(c2Cl)OCCC3C(=O)O)cc1. The van der Waals surface area contributed by atoms with Gasteiger partial charge in [-0.2, -0.15) is 0 Å². The van der Waals surface area contributed by atoms with Crippen molar-refractivity contribution in [2.75, 3.05) is 6.61 Å². The zero-order chi connectivity index (χ0) is 21.3. The standard InChI is InChI=1S/C21H20Cl2O6/c1-21(2,3)29-20(26)11-4-6-12(7-5-11)28-18-15(22)10-14-13(19(24)25)8-9-27-17(14)16(18)23/h4-7,10,13H,8-9H2,1-3H3,(H,24,25). The van der Waals surface area contributed by atoms with E-state index in [0.29, 0.717) is 23.3 Å². The van der Waals surface area contributed by atoms with Gasteiger partial charge in [-0.25, -0.2) is 4.79 Å². The summed E-state index contributed by atoms with van der Waals surface area (Å²) in [6, 6.07) is 7.82. The number of benzene rings is 2. The van der Waals surface area contributed by atoms with Crippen molar-refractivity contribution in [1.29, 1.82) is 0 Å². The predicted molar refractivity (Wildman–Crippen MR) is 109 cm³/mol. The van der Waals surface area contributed by atoms with Crippen molar-refractivity contribution in [3.63, 3.8) is 0 Å². The molecule has 1 aliphatic heterocycles. The fourth-order valence-electron chi connectivity index (χ4n) is 2.91. The summed E-state index contributed by atoms with van der Waals surface area (Å²) in [5, 5.41) is 9.68. The molecule has 0 radical (unpaired) electrons. The van der Waals surface area contributed by atoms with Gasteiger partial charge < -0.3 is 19.3 Å². The van der Waals surface area contributed by atoms with Crippen molar-refractivity contribution in [3.8, 4) is 17.2 Å². The average Bonchev–Trinajstić information content (AvgIpc) is 2.63. The number of fused-ring (bicyclic) bond motifs is 1. The number of aliphatic carboxylic acids is 1. The average molecular weight is 439 g/mol. The number of carbonyl (C=O) groups excluding carboxylic acids is 1. The van der Waals surface area contributed by atoms with Gasteiger partial charge in [0.15, 0.2) is 5.75 Å². The fraction of sp³-hybridized carbons (Fsp3) is 0.333. The van der Waals surface area contributed by atoms with Gasteiger partial charge in [-0.3, -0.25) is 4.79 Å². The molecule has 0 amide bonds. The molecule has 0 fully saturated rings. The molecule has 1 aliphatic rings. The van der Waals surface area contributed by atoms with Crippen molar-refractivity contribution < 1.29 is 28.9 Å². The van der Waals surface area contributed by atoms with Crippen molar-refractivity contribution in [2.45, 2.75) is 38.7 Å². The van der Waals surface area contributed by atoms with Crippen LogP contribution < -0.4 is 9.47 Å². The minimum absolute atomic E-state index is 0.106. The first-order valence-corrected chi connectivity index (χ1v) is 9.71. The lowest BCUT2D eigenvalue weighted by atomic mass is 9.93. The summed E-state index contributed by atoms with van der Waals surface area (Å²) in [6.07, 6.45) is 0.335.